The fourth-order valence-electron chi connectivity index (χ4n) is 17.4. The van der Waals surface area contributed by atoms with Gasteiger partial charge in [0.05, 0.1) is 13.0 Å². The molecule has 4 aliphatic rings. The summed E-state index contributed by atoms with van der Waals surface area (Å²) in [6, 6.07) is 69.4. The number of hydrogen-bond acceptors (Lipinski definition) is 6. The van der Waals surface area contributed by atoms with Gasteiger partial charge in [0.15, 0.2) is 0 Å². The minimum absolute atomic E-state index is 0.00506. The predicted molar refractivity (Wildman–Crippen MR) is 402 cm³/mol. The SMILES string of the molecule is CC(=O)N(C)C1CC(c2ccccc2C)CC(c2ccccc2C)C1.CC(=O)OC1CC(c2ccccc2C)CC(c2ccccc2C)C1.COC(=O)C1CC(c2ccccc2C)CC(c2ccccc2C)C1.Cc1ccccc1C1CC(C(=O)N(C)C)CC(c2ccccc2C)C1. The Morgan fingerprint density at radius 2 is 0.541 bits per heavy atom. The molecule has 4 fully saturated rings. The average molecular weight is 1320 g/mol. The van der Waals surface area contributed by atoms with Crippen molar-refractivity contribution >= 4 is 23.8 Å². The molecule has 8 nitrogen and oxygen atoms in total. The van der Waals surface area contributed by atoms with Gasteiger partial charge in [-0.1, -0.05) is 194 Å². The first-order valence-corrected chi connectivity index (χ1v) is 36.2. The summed E-state index contributed by atoms with van der Waals surface area (Å²) in [5.41, 5.74) is 22.0. The van der Waals surface area contributed by atoms with E-state index in [2.05, 4.69) is 250 Å². The zero-order chi connectivity index (χ0) is 70.2. The molecule has 12 rings (SSSR count). The minimum atomic E-state index is -0.172. The van der Waals surface area contributed by atoms with Gasteiger partial charge < -0.3 is 19.3 Å². The summed E-state index contributed by atoms with van der Waals surface area (Å²) in [6.07, 6.45) is 12.2. The van der Waals surface area contributed by atoms with Crippen molar-refractivity contribution in [2.24, 2.45) is 11.8 Å². The highest BCUT2D eigenvalue weighted by atomic mass is 16.5. The molecule has 516 valence electrons. The quantitative estimate of drug-likeness (QED) is 0.113. The Labute approximate surface area is 588 Å². The molecular formula is C90H110N2O6. The Hall–Kier alpha value is -8.36. The van der Waals surface area contributed by atoms with E-state index in [0.717, 1.165) is 77.0 Å². The Balaban J connectivity index is 0.000000153. The Bertz CT molecular complexity index is 3740. The van der Waals surface area contributed by atoms with E-state index in [1.54, 1.807) is 11.8 Å². The number of amides is 2. The lowest BCUT2D eigenvalue weighted by Gasteiger charge is -2.40. The largest absolute Gasteiger partial charge is 0.469 e. The van der Waals surface area contributed by atoms with Crippen LogP contribution in [0.5, 0.6) is 0 Å². The monoisotopic (exact) mass is 1310 g/mol. The van der Waals surface area contributed by atoms with Crippen LogP contribution < -0.4 is 0 Å². The van der Waals surface area contributed by atoms with Crippen molar-refractivity contribution in [2.75, 3.05) is 28.3 Å². The van der Waals surface area contributed by atoms with Crippen molar-refractivity contribution in [1.82, 2.24) is 9.80 Å². The van der Waals surface area contributed by atoms with Crippen molar-refractivity contribution in [3.63, 3.8) is 0 Å². The molecule has 8 aromatic carbocycles. The molecule has 0 N–H and O–H groups in total. The molecule has 8 heteroatoms. The number of methoxy groups -OCH3 is 1. The predicted octanol–water partition coefficient (Wildman–Crippen LogP) is 20.7. The van der Waals surface area contributed by atoms with Gasteiger partial charge in [0, 0.05) is 47.0 Å². The van der Waals surface area contributed by atoms with Gasteiger partial charge in [-0.25, -0.2) is 0 Å². The van der Waals surface area contributed by atoms with Crippen LogP contribution in [0.15, 0.2) is 194 Å². The van der Waals surface area contributed by atoms with Crippen LogP contribution >= 0.6 is 0 Å². The number of carbonyl (C=O) groups is 4. The lowest BCUT2D eigenvalue weighted by atomic mass is 9.69. The lowest BCUT2D eigenvalue weighted by molar-refractivity contribution is -0.148. The third-order valence-corrected chi connectivity index (χ3v) is 22.5. The normalized spacial score (nSPS) is 23.5. The van der Waals surface area contributed by atoms with E-state index in [-0.39, 0.29) is 41.7 Å². The molecule has 8 unspecified atom stereocenters. The van der Waals surface area contributed by atoms with E-state index < -0.39 is 0 Å². The van der Waals surface area contributed by atoms with Crippen LogP contribution in [-0.2, 0) is 28.7 Å². The van der Waals surface area contributed by atoms with Crippen LogP contribution in [0.3, 0.4) is 0 Å². The first kappa shape index (κ1) is 73.9. The molecule has 0 bridgehead atoms. The summed E-state index contributed by atoms with van der Waals surface area (Å²) >= 11 is 0. The Kier molecular flexibility index (Phi) is 26.3. The van der Waals surface area contributed by atoms with Crippen LogP contribution in [-0.4, -0.2) is 74.0 Å². The van der Waals surface area contributed by atoms with Gasteiger partial charge >= 0.3 is 11.9 Å². The number of hydrogen-bond donors (Lipinski definition) is 0. The highest BCUT2D eigenvalue weighted by Gasteiger charge is 2.39. The Morgan fingerprint density at radius 1 is 0.316 bits per heavy atom. The van der Waals surface area contributed by atoms with E-state index in [4.69, 9.17) is 9.47 Å². The number of carbonyl (C=O) groups excluding carboxylic acids is 4. The molecule has 0 radical (unpaired) electrons. The molecular weight excluding hydrogens is 1200 g/mol. The van der Waals surface area contributed by atoms with Crippen molar-refractivity contribution in [2.45, 2.75) is 206 Å². The molecule has 2 amide bonds. The van der Waals surface area contributed by atoms with Crippen molar-refractivity contribution in [1.29, 1.82) is 0 Å². The fourth-order valence-corrected chi connectivity index (χ4v) is 17.4. The first-order valence-electron chi connectivity index (χ1n) is 36.2. The van der Waals surface area contributed by atoms with Crippen LogP contribution in [0.4, 0.5) is 0 Å². The van der Waals surface area contributed by atoms with Crippen LogP contribution in [0.25, 0.3) is 0 Å². The number of aryl methyl sites for hydroxylation is 8. The Morgan fingerprint density at radius 3 is 0.755 bits per heavy atom. The van der Waals surface area contributed by atoms with Gasteiger partial charge in [-0.15, -0.1) is 0 Å². The third kappa shape index (κ3) is 19.1. The molecule has 0 spiro atoms. The second kappa shape index (κ2) is 34.9. The highest BCUT2D eigenvalue weighted by Crippen LogP contribution is 2.49. The van der Waals surface area contributed by atoms with E-state index in [9.17, 15) is 19.2 Å². The fraction of sp³-hybridized carbons (Fsp3) is 0.422. The number of esters is 2. The molecule has 0 heterocycles. The summed E-state index contributed by atoms with van der Waals surface area (Å²) in [5.74, 6) is 3.91. The summed E-state index contributed by atoms with van der Waals surface area (Å²) in [4.78, 5) is 52.2. The number of nitrogens with zero attached hydrogens (tertiary/aromatic N) is 2. The van der Waals surface area contributed by atoms with Crippen molar-refractivity contribution in [3.05, 3.63) is 283 Å². The minimum Gasteiger partial charge on any atom is -0.469 e. The summed E-state index contributed by atoms with van der Waals surface area (Å²) in [6.45, 7) is 20.7. The molecule has 0 aromatic heterocycles. The van der Waals surface area contributed by atoms with E-state index >= 15 is 0 Å². The summed E-state index contributed by atoms with van der Waals surface area (Å²) in [7, 11) is 7.22. The van der Waals surface area contributed by atoms with E-state index in [1.807, 2.05) is 26.0 Å². The molecule has 0 aliphatic heterocycles. The molecule has 98 heavy (non-hydrogen) atoms. The van der Waals surface area contributed by atoms with Crippen molar-refractivity contribution < 1.29 is 28.7 Å². The zero-order valence-electron chi connectivity index (χ0n) is 61.2. The van der Waals surface area contributed by atoms with E-state index in [0.29, 0.717) is 53.4 Å². The molecule has 8 aromatic rings. The average Bonchev–Trinajstić information content (AvgIpc) is 0.826. The molecule has 8 atom stereocenters. The third-order valence-electron chi connectivity index (χ3n) is 22.5. The molecule has 4 aliphatic carbocycles. The van der Waals surface area contributed by atoms with Crippen LogP contribution in [0, 0.1) is 67.2 Å². The maximum atomic E-state index is 12.7. The second-order valence-electron chi connectivity index (χ2n) is 29.4. The standard InChI is InChI=1S/2C23H29NO.2C22H26O2/c1-16-9-5-7-11-21(16)18-13-19(22-12-8-6-10-17(22)2)15-20(14-18)23(25)24(3)4;1-16-9-5-7-11-22(16)19-13-20(23-12-8-6-10-17(23)2)15-21(14-19)24(4)18(3)25;1-15-8-4-6-10-20(15)17-12-18(14-19(13-17)22(23)24-3)21-11-7-5-9-16(21)2;1-15-8-4-6-10-21(15)18-12-19(14-20(13-18)24-17(3)23)22-11-7-5-9-16(22)2/h5-12,18-20H,13-15H2,1-4H3;5-12,19-21H,13-15H2,1-4H3;4-11,17-19H,12-14H2,1-3H3;4-11,18-20H,12-14H2,1-3H3. The lowest BCUT2D eigenvalue weighted by Crippen LogP contribution is -2.40. The maximum Gasteiger partial charge on any atom is 0.308 e. The van der Waals surface area contributed by atoms with Crippen LogP contribution in [0.2, 0.25) is 0 Å². The number of ether oxygens (including phenoxy) is 2. The summed E-state index contributed by atoms with van der Waals surface area (Å²) < 4.78 is 10.7. The van der Waals surface area contributed by atoms with Gasteiger partial charge in [-0.2, -0.15) is 0 Å². The highest BCUT2D eigenvalue weighted by molar-refractivity contribution is 5.79. The maximum absolute atomic E-state index is 12.7. The second-order valence-corrected chi connectivity index (χ2v) is 29.4. The summed E-state index contributed by atoms with van der Waals surface area (Å²) in [5, 5.41) is 0. The first-order chi connectivity index (χ1) is 47.1. The molecule has 4 saturated carbocycles. The number of rotatable bonds is 12. The van der Waals surface area contributed by atoms with Gasteiger partial charge in [0.2, 0.25) is 11.8 Å². The van der Waals surface area contributed by atoms with Gasteiger partial charge in [0.1, 0.15) is 6.10 Å². The van der Waals surface area contributed by atoms with E-state index in [1.165, 1.54) is 103 Å². The number of benzene rings is 8. The topological polar surface area (TPSA) is 93.2 Å². The zero-order valence-corrected chi connectivity index (χ0v) is 61.2. The van der Waals surface area contributed by atoms with Gasteiger partial charge in [-0.05, 0) is 269 Å². The molecule has 0 saturated heterocycles. The van der Waals surface area contributed by atoms with Crippen molar-refractivity contribution in [3.8, 4) is 0 Å². The van der Waals surface area contributed by atoms with Gasteiger partial charge in [-0.3, -0.25) is 19.2 Å². The van der Waals surface area contributed by atoms with Crippen LogP contribution in [0.1, 0.15) is 227 Å². The smallest absolute Gasteiger partial charge is 0.308 e. The van der Waals surface area contributed by atoms with Gasteiger partial charge in [0.25, 0.3) is 0 Å².